The lowest BCUT2D eigenvalue weighted by molar-refractivity contribution is -0.142. The Labute approximate surface area is 219 Å². The number of amides is 3. The Hall–Kier alpha value is -2.75. The smallest absolute Gasteiger partial charge is 0.327 e. The van der Waals surface area contributed by atoms with Crippen LogP contribution >= 0.6 is 12.6 Å². The van der Waals surface area contributed by atoms with E-state index in [4.69, 9.17) is 4.74 Å². The number of benzene rings is 1. The quantitative estimate of drug-likeness (QED) is 0.224. The first-order valence-electron chi connectivity index (χ1n) is 12.2. The summed E-state index contributed by atoms with van der Waals surface area (Å²) in [6.07, 6.45) is 1.02. The van der Waals surface area contributed by atoms with Crippen LogP contribution in [0.2, 0.25) is 0 Å². The van der Waals surface area contributed by atoms with Gasteiger partial charge in [0.05, 0.1) is 7.11 Å². The fraction of sp³-hybridized carbons (Fsp3) is 0.615. The fourth-order valence-electron chi connectivity index (χ4n) is 3.82. The van der Waals surface area contributed by atoms with E-state index in [0.717, 1.165) is 5.56 Å². The number of likely N-dealkylation sites (N-methyl/N-ethyl adjacent to an activating group) is 1. The molecular formula is C26H41N3O6S. The summed E-state index contributed by atoms with van der Waals surface area (Å²) in [5.41, 5.74) is 0.857. The van der Waals surface area contributed by atoms with Crippen molar-refractivity contribution in [2.45, 2.75) is 70.7 Å². The number of carbonyl (C=O) groups excluding carboxylic acids is 3. The minimum atomic E-state index is -1.15. The molecule has 1 rings (SSSR count). The number of carbonyl (C=O) groups is 4. The van der Waals surface area contributed by atoms with E-state index in [1.807, 2.05) is 39.8 Å². The minimum Gasteiger partial charge on any atom is -0.497 e. The van der Waals surface area contributed by atoms with E-state index in [2.05, 4.69) is 28.6 Å². The number of hydrogen-bond acceptors (Lipinski definition) is 6. The van der Waals surface area contributed by atoms with Crippen LogP contribution in [0.25, 0.3) is 0 Å². The highest BCUT2D eigenvalue weighted by Crippen LogP contribution is 2.20. The number of carboxylic acids is 1. The summed E-state index contributed by atoms with van der Waals surface area (Å²) in [7, 11) is 3.08. The molecule has 3 amide bonds. The maximum atomic E-state index is 13.2. The predicted molar refractivity (Wildman–Crippen MR) is 142 cm³/mol. The standard InChI is InChI=1S/C26H41N3O6S/c1-15(2)13-18(9-12-21(30)29-22(26(33)34)23(36)16(3)4)24(31)28-20(25(32)27-5)14-17-7-10-19(35-6)11-8-17/h7-8,10-11,15-16,18,20,22-23,36H,9,12-14H2,1-6H3,(H,27,32)(H,28,31)(H,29,30)(H,33,34)/t18?,20-,22+,23?/m0/s1. The van der Waals surface area contributed by atoms with Gasteiger partial charge in [-0.25, -0.2) is 4.79 Å². The summed E-state index contributed by atoms with van der Waals surface area (Å²) in [5, 5.41) is 16.9. The van der Waals surface area contributed by atoms with E-state index in [-0.39, 0.29) is 36.5 Å². The van der Waals surface area contributed by atoms with Crippen molar-refractivity contribution in [1.29, 1.82) is 0 Å². The maximum absolute atomic E-state index is 13.2. The minimum absolute atomic E-state index is 0.0176. The largest absolute Gasteiger partial charge is 0.497 e. The molecule has 1 aromatic rings. The summed E-state index contributed by atoms with van der Waals surface area (Å²) in [5.74, 6) is -1.94. The molecule has 0 radical (unpaired) electrons. The molecule has 0 bridgehead atoms. The van der Waals surface area contributed by atoms with Gasteiger partial charge in [-0.05, 0) is 42.4 Å². The van der Waals surface area contributed by atoms with Gasteiger partial charge in [0.25, 0.3) is 0 Å². The summed E-state index contributed by atoms with van der Waals surface area (Å²) in [4.78, 5) is 49.9. The molecule has 0 aliphatic rings. The average Bonchev–Trinajstić information content (AvgIpc) is 2.83. The molecule has 0 spiro atoms. The zero-order valence-electron chi connectivity index (χ0n) is 22.0. The van der Waals surface area contributed by atoms with Crippen molar-refractivity contribution in [3.63, 3.8) is 0 Å². The van der Waals surface area contributed by atoms with Crippen molar-refractivity contribution in [3.8, 4) is 5.75 Å². The van der Waals surface area contributed by atoms with Crippen LogP contribution in [0.1, 0.15) is 52.5 Å². The normalized spacial score (nSPS) is 14.5. The second-order valence-electron chi connectivity index (χ2n) is 9.71. The molecule has 0 saturated heterocycles. The van der Waals surface area contributed by atoms with Crippen molar-refractivity contribution in [3.05, 3.63) is 29.8 Å². The van der Waals surface area contributed by atoms with Crippen molar-refractivity contribution < 1.29 is 29.0 Å². The first-order chi connectivity index (χ1) is 16.9. The number of ether oxygens (including phenoxy) is 1. The van der Waals surface area contributed by atoms with Gasteiger partial charge in [-0.2, -0.15) is 12.6 Å². The molecule has 4 atom stereocenters. The Balaban J connectivity index is 2.89. The molecular weight excluding hydrogens is 482 g/mol. The first kappa shape index (κ1) is 31.3. The zero-order valence-corrected chi connectivity index (χ0v) is 22.9. The van der Waals surface area contributed by atoms with Gasteiger partial charge in [-0.3, -0.25) is 14.4 Å². The molecule has 0 heterocycles. The maximum Gasteiger partial charge on any atom is 0.327 e. The highest BCUT2D eigenvalue weighted by atomic mass is 32.1. The van der Waals surface area contributed by atoms with Gasteiger partial charge in [-0.1, -0.05) is 39.8 Å². The van der Waals surface area contributed by atoms with Crippen molar-refractivity contribution >= 4 is 36.3 Å². The second kappa shape index (κ2) is 15.4. The SMILES string of the molecule is CNC(=O)[C@H](Cc1ccc(OC)cc1)NC(=O)C(CCC(=O)N[C@@H](C(=O)O)C(S)C(C)C)CC(C)C. The molecule has 10 heteroatoms. The van der Waals surface area contributed by atoms with Gasteiger partial charge in [0.15, 0.2) is 0 Å². The zero-order chi connectivity index (χ0) is 27.4. The number of nitrogens with one attached hydrogen (secondary N) is 3. The van der Waals surface area contributed by atoms with Crippen LogP contribution in [0.5, 0.6) is 5.75 Å². The Kier molecular flexibility index (Phi) is 13.4. The lowest BCUT2D eigenvalue weighted by atomic mass is 9.91. The number of rotatable bonds is 15. The molecule has 2 unspecified atom stereocenters. The molecule has 9 nitrogen and oxygen atoms in total. The summed E-state index contributed by atoms with van der Waals surface area (Å²) >= 11 is 4.33. The summed E-state index contributed by atoms with van der Waals surface area (Å²) in [6, 6.07) is 5.34. The lowest BCUT2D eigenvalue weighted by Gasteiger charge is -2.25. The second-order valence-corrected chi connectivity index (χ2v) is 10.3. The highest BCUT2D eigenvalue weighted by molar-refractivity contribution is 7.81. The number of carboxylic acid groups (broad SMARTS) is 1. The Morgan fingerprint density at radius 3 is 2.08 bits per heavy atom. The molecule has 0 aromatic heterocycles. The van der Waals surface area contributed by atoms with Gasteiger partial charge >= 0.3 is 5.97 Å². The summed E-state index contributed by atoms with van der Waals surface area (Å²) in [6.45, 7) is 7.61. The molecule has 0 aliphatic heterocycles. The Morgan fingerprint density at radius 1 is 1.00 bits per heavy atom. The van der Waals surface area contributed by atoms with Crippen LogP contribution in [-0.4, -0.2) is 60.3 Å². The van der Waals surface area contributed by atoms with Crippen LogP contribution in [0.4, 0.5) is 0 Å². The van der Waals surface area contributed by atoms with Gasteiger partial charge in [0.1, 0.15) is 17.8 Å². The molecule has 0 aliphatic carbocycles. The van der Waals surface area contributed by atoms with Crippen molar-refractivity contribution in [2.24, 2.45) is 17.8 Å². The number of aliphatic carboxylic acids is 1. The predicted octanol–water partition coefficient (Wildman–Crippen LogP) is 2.43. The van der Waals surface area contributed by atoms with E-state index >= 15 is 0 Å². The van der Waals surface area contributed by atoms with E-state index in [0.29, 0.717) is 18.6 Å². The number of methoxy groups -OCH3 is 1. The van der Waals surface area contributed by atoms with E-state index in [1.165, 1.54) is 7.05 Å². The van der Waals surface area contributed by atoms with Crippen molar-refractivity contribution in [2.75, 3.05) is 14.2 Å². The molecule has 202 valence electrons. The first-order valence-corrected chi connectivity index (χ1v) is 12.8. The highest BCUT2D eigenvalue weighted by Gasteiger charge is 2.30. The van der Waals surface area contributed by atoms with E-state index in [9.17, 15) is 24.3 Å². The van der Waals surface area contributed by atoms with Crippen LogP contribution < -0.4 is 20.7 Å². The van der Waals surface area contributed by atoms with Crippen LogP contribution in [0.3, 0.4) is 0 Å². The number of hydrogen-bond donors (Lipinski definition) is 5. The topological polar surface area (TPSA) is 134 Å². The fourth-order valence-corrected chi connectivity index (χ4v) is 4.03. The third-order valence-corrected chi connectivity index (χ3v) is 6.83. The average molecular weight is 524 g/mol. The lowest BCUT2D eigenvalue weighted by Crippen LogP contribution is -2.50. The molecule has 0 fully saturated rings. The molecule has 1 aromatic carbocycles. The monoisotopic (exact) mass is 523 g/mol. The van der Waals surface area contributed by atoms with E-state index < -0.39 is 35.1 Å². The van der Waals surface area contributed by atoms with Gasteiger partial charge in [0.2, 0.25) is 17.7 Å². The third-order valence-electron chi connectivity index (χ3n) is 5.93. The van der Waals surface area contributed by atoms with E-state index in [1.54, 1.807) is 19.2 Å². The molecule has 4 N–H and O–H groups in total. The number of thiol groups is 1. The van der Waals surface area contributed by atoms with Crippen LogP contribution in [0.15, 0.2) is 24.3 Å². The van der Waals surface area contributed by atoms with Gasteiger partial charge < -0.3 is 25.8 Å². The third kappa shape index (κ3) is 10.5. The Morgan fingerprint density at radius 2 is 1.61 bits per heavy atom. The van der Waals surface area contributed by atoms with Gasteiger partial charge in [0, 0.05) is 31.1 Å². The Bertz CT molecular complexity index is 875. The molecule has 0 saturated carbocycles. The van der Waals surface area contributed by atoms with Crippen molar-refractivity contribution in [1.82, 2.24) is 16.0 Å². The summed E-state index contributed by atoms with van der Waals surface area (Å²) < 4.78 is 5.17. The van der Waals surface area contributed by atoms with Crippen LogP contribution in [-0.2, 0) is 25.6 Å². The van der Waals surface area contributed by atoms with Gasteiger partial charge in [-0.15, -0.1) is 0 Å². The molecule has 36 heavy (non-hydrogen) atoms. The van der Waals surface area contributed by atoms with Crippen LogP contribution in [0, 0.1) is 17.8 Å².